The Morgan fingerprint density at radius 2 is 2.11 bits per heavy atom. The Hall–Kier alpha value is -0.880. The molecule has 1 fully saturated rings. The van der Waals surface area contributed by atoms with Crippen LogP contribution < -0.4 is 5.73 Å². The first kappa shape index (κ1) is 15.2. The number of aliphatic hydroxyl groups is 1. The lowest BCUT2D eigenvalue weighted by Gasteiger charge is -2.18. The molecule has 5 nitrogen and oxygen atoms in total. The van der Waals surface area contributed by atoms with E-state index in [9.17, 15) is 15.2 Å². The molecule has 2 atom stereocenters. The van der Waals surface area contributed by atoms with Gasteiger partial charge in [-0.2, -0.15) is 0 Å². The van der Waals surface area contributed by atoms with E-state index in [1.807, 2.05) is 0 Å². The van der Waals surface area contributed by atoms with Gasteiger partial charge < -0.3 is 10.8 Å². The predicted molar refractivity (Wildman–Crippen MR) is 71.0 cm³/mol. The van der Waals surface area contributed by atoms with Gasteiger partial charge in [0.1, 0.15) is 0 Å². The largest absolute Gasteiger partial charge is 0.391 e. The Balaban J connectivity index is 0.00000162. The molecule has 0 unspecified atom stereocenters. The number of benzene rings is 1. The zero-order chi connectivity index (χ0) is 12.6. The summed E-state index contributed by atoms with van der Waals surface area (Å²) < 4.78 is 0. The van der Waals surface area contributed by atoms with Gasteiger partial charge in [0.2, 0.25) is 0 Å². The molecule has 0 heterocycles. The summed E-state index contributed by atoms with van der Waals surface area (Å²) in [6, 6.07) is 3.45. The Labute approximate surface area is 115 Å². The molecule has 3 N–H and O–H groups in total. The van der Waals surface area contributed by atoms with E-state index < -0.39 is 17.1 Å². The number of halogens is 2. The number of nitrogens with zero attached hydrogens (tertiary/aromatic N) is 1. The second kappa shape index (κ2) is 5.84. The van der Waals surface area contributed by atoms with Gasteiger partial charge in [-0.3, -0.25) is 10.1 Å². The van der Waals surface area contributed by atoms with Crippen molar-refractivity contribution < 1.29 is 10.0 Å². The van der Waals surface area contributed by atoms with E-state index in [1.54, 1.807) is 0 Å². The number of nitrogens with two attached hydrogens (primary N) is 1. The molecular formula is C11H14Cl2N2O3. The molecule has 0 spiro atoms. The van der Waals surface area contributed by atoms with Crippen LogP contribution in [-0.4, -0.2) is 16.1 Å². The number of rotatable bonds is 4. The summed E-state index contributed by atoms with van der Waals surface area (Å²) in [5, 5.41) is 21.2. The third-order valence-corrected chi connectivity index (χ3v) is 3.25. The van der Waals surface area contributed by atoms with Gasteiger partial charge in [0.05, 0.1) is 22.6 Å². The quantitative estimate of drug-likeness (QED) is 0.659. The Kier molecular flexibility index (Phi) is 4.92. The lowest BCUT2D eigenvalue weighted by Crippen LogP contribution is -2.28. The summed E-state index contributed by atoms with van der Waals surface area (Å²) in [7, 11) is 0. The van der Waals surface area contributed by atoms with E-state index in [2.05, 4.69) is 0 Å². The van der Waals surface area contributed by atoms with E-state index in [-0.39, 0.29) is 24.0 Å². The molecule has 0 amide bonds. The highest BCUT2D eigenvalue weighted by Gasteiger charge is 2.36. The average molecular weight is 293 g/mol. The van der Waals surface area contributed by atoms with Crippen LogP contribution in [0.4, 0.5) is 5.69 Å². The fourth-order valence-electron chi connectivity index (χ4n) is 1.87. The fourth-order valence-corrected chi connectivity index (χ4v) is 2.05. The van der Waals surface area contributed by atoms with Crippen molar-refractivity contribution in [2.75, 3.05) is 0 Å². The van der Waals surface area contributed by atoms with Gasteiger partial charge in [0, 0.05) is 11.1 Å². The molecule has 0 bridgehead atoms. The number of aliphatic hydroxyl groups excluding tert-OH is 1. The topological polar surface area (TPSA) is 89.4 Å². The van der Waals surface area contributed by atoms with Crippen molar-refractivity contribution in [1.82, 2.24) is 0 Å². The van der Waals surface area contributed by atoms with Gasteiger partial charge in [0.25, 0.3) is 5.69 Å². The average Bonchev–Trinajstić information content (AvgIpc) is 3.10. The number of hydrogen-bond acceptors (Lipinski definition) is 4. The van der Waals surface area contributed by atoms with Gasteiger partial charge in [0.15, 0.2) is 0 Å². The number of nitro benzene ring substituents is 1. The lowest BCUT2D eigenvalue weighted by atomic mass is 9.97. The van der Waals surface area contributed by atoms with Crippen molar-refractivity contribution >= 4 is 29.7 Å². The summed E-state index contributed by atoms with van der Waals surface area (Å²) in [5.41, 5.74) is 6.07. The van der Waals surface area contributed by atoms with Crippen molar-refractivity contribution in [2.24, 2.45) is 11.7 Å². The van der Waals surface area contributed by atoms with Crippen LogP contribution in [0.25, 0.3) is 0 Å². The van der Waals surface area contributed by atoms with Gasteiger partial charge in [-0.25, -0.2) is 0 Å². The van der Waals surface area contributed by atoms with E-state index in [0.717, 1.165) is 12.8 Å². The van der Waals surface area contributed by atoms with E-state index in [1.165, 1.54) is 18.2 Å². The molecule has 0 aliphatic heterocycles. The third kappa shape index (κ3) is 3.11. The Morgan fingerprint density at radius 1 is 1.50 bits per heavy atom. The zero-order valence-electron chi connectivity index (χ0n) is 9.45. The Morgan fingerprint density at radius 3 is 2.61 bits per heavy atom. The molecule has 0 aromatic heterocycles. The highest BCUT2D eigenvalue weighted by Crippen LogP contribution is 2.39. The third-order valence-electron chi connectivity index (χ3n) is 3.02. The summed E-state index contributed by atoms with van der Waals surface area (Å²) in [4.78, 5) is 10.4. The van der Waals surface area contributed by atoms with Crippen molar-refractivity contribution in [3.05, 3.63) is 38.9 Å². The molecule has 1 aliphatic carbocycles. The molecule has 7 heteroatoms. The predicted octanol–water partition coefficient (Wildman–Crippen LogP) is 2.44. The van der Waals surface area contributed by atoms with Crippen LogP contribution in [0.1, 0.15) is 24.4 Å². The van der Waals surface area contributed by atoms with Gasteiger partial charge in [-0.05, 0) is 30.9 Å². The van der Waals surface area contributed by atoms with E-state index in [0.29, 0.717) is 10.6 Å². The minimum Gasteiger partial charge on any atom is -0.391 e. The lowest BCUT2D eigenvalue weighted by molar-refractivity contribution is -0.385. The molecular weight excluding hydrogens is 279 g/mol. The molecule has 1 aliphatic rings. The summed E-state index contributed by atoms with van der Waals surface area (Å²) in [5.74, 6) is 0.156. The monoisotopic (exact) mass is 292 g/mol. The maximum absolute atomic E-state index is 10.9. The maximum atomic E-state index is 10.9. The zero-order valence-corrected chi connectivity index (χ0v) is 11.0. The van der Waals surface area contributed by atoms with E-state index in [4.69, 9.17) is 17.3 Å². The molecule has 2 rings (SSSR count). The van der Waals surface area contributed by atoms with Crippen LogP contribution >= 0.6 is 24.0 Å². The first-order valence-corrected chi connectivity index (χ1v) is 5.76. The number of hydrogen-bond donors (Lipinski definition) is 2. The Bertz CT molecular complexity index is 452. The van der Waals surface area contributed by atoms with Crippen LogP contribution in [0.2, 0.25) is 5.02 Å². The minimum absolute atomic E-state index is 0. The minimum atomic E-state index is -0.762. The molecule has 0 saturated heterocycles. The second-order valence-electron chi connectivity index (χ2n) is 4.31. The SMILES string of the molecule is Cl.N[C@H](c1cc(Cl)ccc1[N+](=O)[O-])[C@@H](O)C1CC1. The van der Waals surface area contributed by atoms with Crippen molar-refractivity contribution in [1.29, 1.82) is 0 Å². The standard InChI is InChI=1S/C11H13ClN2O3.ClH/c12-7-3-4-9(14(16)17)8(5-7)10(13)11(15)6-1-2-6;/h3-6,10-11,15H,1-2,13H2;1H/t10-,11+;/m1./s1. The van der Waals surface area contributed by atoms with Crippen molar-refractivity contribution in [3.63, 3.8) is 0 Å². The van der Waals surface area contributed by atoms with Crippen LogP contribution in [0.15, 0.2) is 18.2 Å². The number of nitro groups is 1. The summed E-state index contributed by atoms with van der Waals surface area (Å²) in [6.45, 7) is 0. The highest BCUT2D eigenvalue weighted by molar-refractivity contribution is 6.30. The van der Waals surface area contributed by atoms with Gasteiger partial charge in [-0.15, -0.1) is 12.4 Å². The fraction of sp³-hybridized carbons (Fsp3) is 0.455. The van der Waals surface area contributed by atoms with Crippen molar-refractivity contribution in [2.45, 2.75) is 25.0 Å². The molecule has 100 valence electrons. The van der Waals surface area contributed by atoms with Crippen molar-refractivity contribution in [3.8, 4) is 0 Å². The molecule has 1 saturated carbocycles. The molecule has 1 aromatic rings. The van der Waals surface area contributed by atoms with Gasteiger partial charge >= 0.3 is 0 Å². The summed E-state index contributed by atoms with van der Waals surface area (Å²) in [6.07, 6.45) is 1.10. The first-order chi connectivity index (χ1) is 8.00. The van der Waals surface area contributed by atoms with Crippen LogP contribution in [-0.2, 0) is 0 Å². The second-order valence-corrected chi connectivity index (χ2v) is 4.75. The normalized spacial score (nSPS) is 17.7. The van der Waals surface area contributed by atoms with E-state index >= 15 is 0 Å². The molecule has 18 heavy (non-hydrogen) atoms. The van der Waals surface area contributed by atoms with Gasteiger partial charge in [-0.1, -0.05) is 11.6 Å². The molecule has 0 radical (unpaired) electrons. The maximum Gasteiger partial charge on any atom is 0.274 e. The van der Waals surface area contributed by atoms with Crippen LogP contribution in [0.5, 0.6) is 0 Å². The first-order valence-electron chi connectivity index (χ1n) is 5.38. The van der Waals surface area contributed by atoms with Crippen LogP contribution in [0, 0.1) is 16.0 Å². The van der Waals surface area contributed by atoms with Crippen LogP contribution in [0.3, 0.4) is 0 Å². The molecule has 1 aromatic carbocycles. The highest BCUT2D eigenvalue weighted by atomic mass is 35.5. The smallest absolute Gasteiger partial charge is 0.274 e. The summed E-state index contributed by atoms with van der Waals surface area (Å²) >= 11 is 5.81.